The maximum absolute atomic E-state index is 12.3. The van der Waals surface area contributed by atoms with Gasteiger partial charge in [0.1, 0.15) is 11.9 Å². The smallest absolute Gasteiger partial charge is 0.319 e. The summed E-state index contributed by atoms with van der Waals surface area (Å²) in [5, 5.41) is 16.3. The largest absolute Gasteiger partial charge is 0.329 e. The molecular formula is C16H19N5O3. The summed E-state index contributed by atoms with van der Waals surface area (Å²) in [6.45, 7) is 5.85. The normalized spacial score (nSPS) is 11.8. The average molecular weight is 329 g/mol. The van der Waals surface area contributed by atoms with Crippen LogP contribution in [-0.2, 0) is 0 Å². The fourth-order valence-electron chi connectivity index (χ4n) is 2.31. The van der Waals surface area contributed by atoms with Crippen molar-refractivity contribution in [3.8, 4) is 0 Å². The maximum atomic E-state index is 12.3. The van der Waals surface area contributed by atoms with E-state index in [1.54, 1.807) is 6.20 Å². The molecule has 8 nitrogen and oxygen atoms in total. The molecule has 0 aromatic carbocycles. The number of aryl methyl sites for hydroxylation is 1. The molecule has 0 spiro atoms. The van der Waals surface area contributed by atoms with Gasteiger partial charge in [-0.3, -0.25) is 20.1 Å². The van der Waals surface area contributed by atoms with Crippen LogP contribution < -0.4 is 10.6 Å². The van der Waals surface area contributed by atoms with Crippen LogP contribution in [0.5, 0.6) is 0 Å². The highest BCUT2D eigenvalue weighted by Gasteiger charge is 2.23. The maximum Gasteiger partial charge on any atom is 0.319 e. The number of rotatable bonds is 5. The molecule has 0 bridgehead atoms. The quantitative estimate of drug-likeness (QED) is 0.646. The lowest BCUT2D eigenvalue weighted by Crippen LogP contribution is -2.36. The second kappa shape index (κ2) is 7.49. The van der Waals surface area contributed by atoms with Crippen LogP contribution in [0.1, 0.15) is 31.1 Å². The SMILES string of the molecule is Cc1cccnc1[C@H](NC(=O)Nc1ccncc1[N+](=O)[O-])C(C)C. The molecular weight excluding hydrogens is 310 g/mol. The van der Waals surface area contributed by atoms with Gasteiger partial charge in [0, 0.05) is 12.4 Å². The highest BCUT2D eigenvalue weighted by atomic mass is 16.6. The lowest BCUT2D eigenvalue weighted by molar-refractivity contribution is -0.384. The van der Waals surface area contributed by atoms with Gasteiger partial charge < -0.3 is 10.6 Å². The summed E-state index contributed by atoms with van der Waals surface area (Å²) in [5.74, 6) is 0.0942. The van der Waals surface area contributed by atoms with E-state index < -0.39 is 11.0 Å². The van der Waals surface area contributed by atoms with E-state index in [-0.39, 0.29) is 23.3 Å². The molecule has 2 amide bonds. The minimum Gasteiger partial charge on any atom is -0.329 e. The van der Waals surface area contributed by atoms with E-state index in [9.17, 15) is 14.9 Å². The summed E-state index contributed by atoms with van der Waals surface area (Å²) in [6.07, 6.45) is 4.15. The van der Waals surface area contributed by atoms with E-state index in [2.05, 4.69) is 20.6 Å². The number of hydrogen-bond acceptors (Lipinski definition) is 5. The first kappa shape index (κ1) is 17.3. The Morgan fingerprint density at radius 1 is 1.29 bits per heavy atom. The van der Waals surface area contributed by atoms with Gasteiger partial charge in [0.05, 0.1) is 16.7 Å². The first-order chi connectivity index (χ1) is 11.4. The highest BCUT2D eigenvalue weighted by Crippen LogP contribution is 2.24. The molecule has 2 aromatic heterocycles. The van der Waals surface area contributed by atoms with Crippen molar-refractivity contribution in [3.63, 3.8) is 0 Å². The molecule has 2 N–H and O–H groups in total. The van der Waals surface area contributed by atoms with Gasteiger partial charge in [-0.2, -0.15) is 0 Å². The summed E-state index contributed by atoms with van der Waals surface area (Å²) in [5.41, 5.74) is 1.56. The number of pyridine rings is 2. The number of amides is 2. The molecule has 0 radical (unpaired) electrons. The van der Waals surface area contributed by atoms with Gasteiger partial charge in [0.2, 0.25) is 0 Å². The number of aromatic nitrogens is 2. The number of carbonyl (C=O) groups excluding carboxylic acids is 1. The van der Waals surface area contributed by atoms with E-state index in [1.165, 1.54) is 12.3 Å². The molecule has 0 fully saturated rings. The van der Waals surface area contributed by atoms with Crippen molar-refractivity contribution in [2.45, 2.75) is 26.8 Å². The molecule has 0 unspecified atom stereocenters. The van der Waals surface area contributed by atoms with Crippen molar-refractivity contribution >= 4 is 17.4 Å². The van der Waals surface area contributed by atoms with E-state index in [4.69, 9.17) is 0 Å². The van der Waals surface area contributed by atoms with Gasteiger partial charge in [-0.05, 0) is 30.5 Å². The van der Waals surface area contributed by atoms with Crippen LogP contribution in [0.4, 0.5) is 16.2 Å². The number of carbonyl (C=O) groups is 1. The van der Waals surface area contributed by atoms with Gasteiger partial charge in [0.15, 0.2) is 0 Å². The van der Waals surface area contributed by atoms with Crippen LogP contribution in [0, 0.1) is 23.0 Å². The summed E-state index contributed by atoms with van der Waals surface area (Å²) in [4.78, 5) is 30.7. The second-order valence-electron chi connectivity index (χ2n) is 5.68. The number of hydrogen-bond donors (Lipinski definition) is 2. The van der Waals surface area contributed by atoms with Crippen molar-refractivity contribution in [2.24, 2.45) is 5.92 Å². The lowest BCUT2D eigenvalue weighted by Gasteiger charge is -2.23. The lowest BCUT2D eigenvalue weighted by atomic mass is 9.97. The van der Waals surface area contributed by atoms with E-state index >= 15 is 0 Å². The van der Waals surface area contributed by atoms with E-state index in [0.29, 0.717) is 0 Å². The summed E-state index contributed by atoms with van der Waals surface area (Å²) in [6, 6.07) is 4.29. The van der Waals surface area contributed by atoms with Gasteiger partial charge in [-0.1, -0.05) is 19.9 Å². The standard InChI is InChI=1S/C16H19N5O3/c1-10(2)14(15-11(3)5-4-7-18-15)20-16(22)19-12-6-8-17-9-13(12)21(23)24/h4-10,14H,1-3H3,(H2,17,19,20,22)/t14-/m1/s1. The first-order valence-electron chi connectivity index (χ1n) is 7.47. The third kappa shape index (κ3) is 4.03. The van der Waals surface area contributed by atoms with Crippen molar-refractivity contribution in [2.75, 3.05) is 5.32 Å². The Balaban J connectivity index is 2.18. The summed E-state index contributed by atoms with van der Waals surface area (Å²) in [7, 11) is 0. The number of anilines is 1. The van der Waals surface area contributed by atoms with Crippen LogP contribution in [-0.4, -0.2) is 20.9 Å². The molecule has 24 heavy (non-hydrogen) atoms. The van der Waals surface area contributed by atoms with Crippen LogP contribution in [0.2, 0.25) is 0 Å². The Labute approximate surface area is 139 Å². The van der Waals surface area contributed by atoms with E-state index in [0.717, 1.165) is 17.5 Å². The molecule has 0 saturated heterocycles. The molecule has 2 rings (SSSR count). The zero-order valence-electron chi connectivity index (χ0n) is 13.7. The third-order valence-corrected chi connectivity index (χ3v) is 3.54. The Morgan fingerprint density at radius 3 is 2.67 bits per heavy atom. The molecule has 126 valence electrons. The van der Waals surface area contributed by atoms with E-state index in [1.807, 2.05) is 32.9 Å². The molecule has 2 heterocycles. The average Bonchev–Trinajstić information content (AvgIpc) is 2.53. The van der Waals surface area contributed by atoms with Crippen molar-refractivity contribution < 1.29 is 9.72 Å². The molecule has 0 aliphatic rings. The molecule has 0 aliphatic carbocycles. The Bertz CT molecular complexity index is 748. The first-order valence-corrected chi connectivity index (χ1v) is 7.47. The van der Waals surface area contributed by atoms with Crippen LogP contribution in [0.3, 0.4) is 0 Å². The number of nitrogens with zero attached hydrogens (tertiary/aromatic N) is 3. The predicted octanol–water partition coefficient (Wildman–Crippen LogP) is 3.21. The fraction of sp³-hybridized carbons (Fsp3) is 0.312. The minimum absolute atomic E-state index is 0.0905. The van der Waals surface area contributed by atoms with Crippen molar-refractivity contribution in [1.82, 2.24) is 15.3 Å². The van der Waals surface area contributed by atoms with Crippen molar-refractivity contribution in [1.29, 1.82) is 0 Å². The molecule has 1 atom stereocenters. The summed E-state index contributed by atoms with van der Waals surface area (Å²) >= 11 is 0. The van der Waals surface area contributed by atoms with Gasteiger partial charge >= 0.3 is 11.7 Å². The minimum atomic E-state index is -0.592. The zero-order valence-corrected chi connectivity index (χ0v) is 13.7. The Kier molecular flexibility index (Phi) is 5.41. The molecule has 0 saturated carbocycles. The number of nitrogens with one attached hydrogen (secondary N) is 2. The summed E-state index contributed by atoms with van der Waals surface area (Å²) < 4.78 is 0. The number of nitro groups is 1. The topological polar surface area (TPSA) is 110 Å². The van der Waals surface area contributed by atoms with Gasteiger partial charge in [0.25, 0.3) is 0 Å². The fourth-order valence-corrected chi connectivity index (χ4v) is 2.31. The zero-order chi connectivity index (χ0) is 17.7. The monoisotopic (exact) mass is 329 g/mol. The van der Waals surface area contributed by atoms with Crippen LogP contribution >= 0.6 is 0 Å². The predicted molar refractivity (Wildman–Crippen MR) is 89.6 cm³/mol. The van der Waals surface area contributed by atoms with Gasteiger partial charge in [-0.15, -0.1) is 0 Å². The van der Waals surface area contributed by atoms with Crippen LogP contribution in [0.15, 0.2) is 36.8 Å². The Hall–Kier alpha value is -3.03. The molecule has 0 aliphatic heterocycles. The molecule has 2 aromatic rings. The highest BCUT2D eigenvalue weighted by molar-refractivity contribution is 5.91. The molecule has 8 heteroatoms. The van der Waals surface area contributed by atoms with Crippen LogP contribution in [0.25, 0.3) is 0 Å². The van der Waals surface area contributed by atoms with Crippen molar-refractivity contribution in [3.05, 3.63) is 58.2 Å². The number of urea groups is 1. The Morgan fingerprint density at radius 2 is 2.04 bits per heavy atom. The van der Waals surface area contributed by atoms with Gasteiger partial charge in [-0.25, -0.2) is 4.79 Å². The third-order valence-electron chi connectivity index (χ3n) is 3.54. The second-order valence-corrected chi connectivity index (χ2v) is 5.68.